The third-order valence-electron chi connectivity index (χ3n) is 5.46. The van der Waals surface area contributed by atoms with Gasteiger partial charge in [-0.1, -0.05) is 58.6 Å². The van der Waals surface area contributed by atoms with Crippen molar-refractivity contribution in [2.45, 2.75) is 59.0 Å². The Balaban J connectivity index is 2.11. The number of carboxylic acid groups (broad SMARTS) is 1. The van der Waals surface area contributed by atoms with Gasteiger partial charge in [-0.2, -0.15) is 0 Å². The molecular formula is C21H32N2O3Si. The van der Waals surface area contributed by atoms with Gasteiger partial charge in [0.25, 0.3) is 0 Å². The molecule has 1 unspecified atom stereocenters. The minimum Gasteiger partial charge on any atom is -0.465 e. The van der Waals surface area contributed by atoms with Gasteiger partial charge < -0.3 is 19.7 Å². The van der Waals surface area contributed by atoms with Gasteiger partial charge in [0.2, 0.25) is 0 Å². The number of hydrogen-bond donors (Lipinski definition) is 2. The van der Waals surface area contributed by atoms with Gasteiger partial charge in [-0.05, 0) is 23.5 Å². The van der Waals surface area contributed by atoms with Gasteiger partial charge in [0.05, 0.1) is 26.8 Å². The highest BCUT2D eigenvalue weighted by Gasteiger charge is 2.42. The maximum absolute atomic E-state index is 12.0. The smallest absolute Gasteiger partial charge is 0.407 e. The number of H-pyrrole nitrogens is 1. The van der Waals surface area contributed by atoms with Gasteiger partial charge in [0.1, 0.15) is 0 Å². The molecule has 6 heteroatoms. The van der Waals surface area contributed by atoms with Crippen molar-refractivity contribution in [3.8, 4) is 0 Å². The molecule has 0 saturated carbocycles. The average molecular weight is 389 g/mol. The van der Waals surface area contributed by atoms with Crippen LogP contribution >= 0.6 is 0 Å². The topological polar surface area (TPSA) is 65.6 Å². The van der Waals surface area contributed by atoms with Crippen LogP contribution in [0, 0.1) is 5.41 Å². The van der Waals surface area contributed by atoms with E-state index in [4.69, 9.17) is 4.74 Å². The molecule has 0 radical (unpaired) electrons. The van der Waals surface area contributed by atoms with E-state index in [2.05, 4.69) is 63.6 Å². The number of morpholine rings is 1. The summed E-state index contributed by atoms with van der Waals surface area (Å²) in [6.45, 7) is 14.3. The molecule has 2 N–H and O–H groups in total. The van der Waals surface area contributed by atoms with Crippen LogP contribution in [0.4, 0.5) is 4.79 Å². The molecule has 2 heterocycles. The first-order chi connectivity index (χ1) is 12.5. The summed E-state index contributed by atoms with van der Waals surface area (Å²) in [6, 6.07) is 8.16. The third-order valence-corrected chi connectivity index (χ3v) is 7.38. The molecule has 148 valence electrons. The second-order valence-corrected chi connectivity index (χ2v) is 14.7. The lowest BCUT2D eigenvalue weighted by atomic mass is 9.81. The molecule has 2 aromatic rings. The minimum atomic E-state index is -1.62. The number of benzene rings is 1. The molecule has 1 aromatic heterocycles. The van der Waals surface area contributed by atoms with Crippen LogP contribution in [0.2, 0.25) is 19.6 Å². The number of aromatic amines is 1. The second kappa shape index (κ2) is 6.98. The molecule has 1 saturated heterocycles. The Hall–Kier alpha value is -1.79. The summed E-state index contributed by atoms with van der Waals surface area (Å²) < 4.78 is 6.12. The maximum atomic E-state index is 12.0. The Kier molecular flexibility index (Phi) is 5.16. The SMILES string of the molecule is CC(C)(C)C1OCCN(C(=O)O)[C@H]1Cc1c([Si](C)(C)C)[nH]c2ccccc12. The predicted molar refractivity (Wildman–Crippen MR) is 113 cm³/mol. The first kappa shape index (κ1) is 20.0. The Morgan fingerprint density at radius 1 is 1.30 bits per heavy atom. The average Bonchev–Trinajstić information content (AvgIpc) is 2.93. The molecule has 1 aliphatic rings. The van der Waals surface area contributed by atoms with Gasteiger partial charge in [-0.3, -0.25) is 0 Å². The van der Waals surface area contributed by atoms with Crippen LogP contribution in [0.5, 0.6) is 0 Å². The molecular weight excluding hydrogens is 356 g/mol. The fraction of sp³-hybridized carbons (Fsp3) is 0.571. The summed E-state index contributed by atoms with van der Waals surface area (Å²) >= 11 is 0. The van der Waals surface area contributed by atoms with E-state index < -0.39 is 14.2 Å². The minimum absolute atomic E-state index is 0.134. The zero-order chi connectivity index (χ0) is 20.0. The Morgan fingerprint density at radius 3 is 2.56 bits per heavy atom. The van der Waals surface area contributed by atoms with E-state index >= 15 is 0 Å². The normalized spacial score (nSPS) is 21.6. The van der Waals surface area contributed by atoms with Crippen LogP contribution in [-0.4, -0.2) is 54.5 Å². The first-order valence-corrected chi connectivity index (χ1v) is 13.2. The molecule has 5 nitrogen and oxygen atoms in total. The number of nitrogens with zero attached hydrogens (tertiary/aromatic N) is 1. The molecule has 0 spiro atoms. The first-order valence-electron chi connectivity index (χ1n) is 9.71. The molecule has 1 amide bonds. The number of aromatic nitrogens is 1. The van der Waals surface area contributed by atoms with E-state index in [1.54, 1.807) is 4.90 Å². The Labute approximate surface area is 162 Å². The highest BCUT2D eigenvalue weighted by Crippen LogP contribution is 2.33. The lowest BCUT2D eigenvalue weighted by Gasteiger charge is -2.45. The van der Waals surface area contributed by atoms with Crippen LogP contribution in [0.15, 0.2) is 24.3 Å². The molecule has 27 heavy (non-hydrogen) atoms. The van der Waals surface area contributed by atoms with Crippen LogP contribution in [0.1, 0.15) is 26.3 Å². The monoisotopic (exact) mass is 388 g/mol. The number of amides is 1. The summed E-state index contributed by atoms with van der Waals surface area (Å²) in [6.07, 6.45) is -0.310. The Bertz CT molecular complexity index is 832. The number of fused-ring (bicyclic) bond motifs is 1. The van der Waals surface area contributed by atoms with Crippen molar-refractivity contribution < 1.29 is 14.6 Å². The quantitative estimate of drug-likeness (QED) is 0.780. The summed E-state index contributed by atoms with van der Waals surface area (Å²) in [5, 5.41) is 12.4. The van der Waals surface area contributed by atoms with Gasteiger partial charge in [0.15, 0.2) is 0 Å². The van der Waals surface area contributed by atoms with E-state index in [1.807, 2.05) is 6.07 Å². The summed E-state index contributed by atoms with van der Waals surface area (Å²) in [4.78, 5) is 17.2. The number of nitrogens with one attached hydrogen (secondary N) is 1. The predicted octanol–water partition coefficient (Wildman–Crippen LogP) is 4.05. The van der Waals surface area contributed by atoms with Crippen molar-refractivity contribution in [1.29, 1.82) is 0 Å². The van der Waals surface area contributed by atoms with Crippen molar-refractivity contribution >= 4 is 30.4 Å². The van der Waals surface area contributed by atoms with E-state index in [0.717, 1.165) is 5.52 Å². The lowest BCUT2D eigenvalue weighted by Crippen LogP contribution is -2.58. The van der Waals surface area contributed by atoms with E-state index in [9.17, 15) is 9.90 Å². The largest absolute Gasteiger partial charge is 0.465 e. The van der Waals surface area contributed by atoms with Gasteiger partial charge in [-0.15, -0.1) is 0 Å². The van der Waals surface area contributed by atoms with Crippen molar-refractivity contribution in [1.82, 2.24) is 9.88 Å². The molecule has 0 bridgehead atoms. The standard InChI is InChI=1S/C21H32N2O3Si/c1-21(2,3)18-17(23(20(24)25)11-12-26-18)13-15-14-9-7-8-10-16(14)22-19(15)27(4,5)6/h7-10,17-18,22H,11-13H2,1-6H3,(H,24,25)/t17-,18?/m0/s1. The van der Waals surface area contributed by atoms with Crippen LogP contribution in [-0.2, 0) is 11.2 Å². The number of carbonyl (C=O) groups is 1. The van der Waals surface area contributed by atoms with Gasteiger partial charge in [-0.25, -0.2) is 4.79 Å². The molecule has 0 aliphatic carbocycles. The maximum Gasteiger partial charge on any atom is 0.407 e. The van der Waals surface area contributed by atoms with Gasteiger partial charge in [0, 0.05) is 22.8 Å². The highest BCUT2D eigenvalue weighted by molar-refractivity contribution is 6.88. The zero-order valence-electron chi connectivity index (χ0n) is 17.3. The number of hydrogen-bond acceptors (Lipinski definition) is 2. The molecule has 1 aromatic carbocycles. The van der Waals surface area contributed by atoms with E-state index in [1.165, 1.54) is 16.3 Å². The van der Waals surface area contributed by atoms with Crippen molar-refractivity contribution in [3.63, 3.8) is 0 Å². The molecule has 3 rings (SSSR count). The van der Waals surface area contributed by atoms with Crippen LogP contribution in [0.25, 0.3) is 10.9 Å². The van der Waals surface area contributed by atoms with Crippen molar-refractivity contribution in [2.24, 2.45) is 5.41 Å². The fourth-order valence-electron chi connectivity index (χ4n) is 4.26. The van der Waals surface area contributed by atoms with Gasteiger partial charge >= 0.3 is 6.09 Å². The summed E-state index contributed by atoms with van der Waals surface area (Å²) in [7, 11) is -1.62. The third kappa shape index (κ3) is 3.92. The number of ether oxygens (including phenoxy) is 1. The van der Waals surface area contributed by atoms with E-state index in [-0.39, 0.29) is 17.6 Å². The van der Waals surface area contributed by atoms with Crippen LogP contribution in [0.3, 0.4) is 0 Å². The summed E-state index contributed by atoms with van der Waals surface area (Å²) in [5.41, 5.74) is 2.26. The fourth-order valence-corrected chi connectivity index (χ4v) is 5.91. The zero-order valence-corrected chi connectivity index (χ0v) is 18.3. The van der Waals surface area contributed by atoms with Crippen LogP contribution < -0.4 is 5.32 Å². The molecule has 2 atom stereocenters. The van der Waals surface area contributed by atoms with Crippen molar-refractivity contribution in [2.75, 3.05) is 13.2 Å². The van der Waals surface area contributed by atoms with Crippen molar-refractivity contribution in [3.05, 3.63) is 29.8 Å². The highest BCUT2D eigenvalue weighted by atomic mass is 28.3. The number of para-hydroxylation sites is 1. The lowest BCUT2D eigenvalue weighted by molar-refractivity contribution is -0.107. The second-order valence-electron chi connectivity index (χ2n) is 9.68. The van der Waals surface area contributed by atoms with E-state index in [0.29, 0.717) is 19.6 Å². The number of rotatable bonds is 3. The molecule has 1 aliphatic heterocycles. The summed E-state index contributed by atoms with van der Waals surface area (Å²) in [5.74, 6) is 0. The molecule has 1 fully saturated rings. The Morgan fingerprint density at radius 2 is 1.96 bits per heavy atom.